The molecule has 1 atom stereocenters. The molecule has 1 aromatic carbocycles. The van der Waals surface area contributed by atoms with E-state index in [1.54, 1.807) is 12.1 Å². The second kappa shape index (κ2) is 17.5. The molecular formula is C26H42O7S. The summed E-state index contributed by atoms with van der Waals surface area (Å²) >= 11 is 0. The zero-order valence-electron chi connectivity index (χ0n) is 20.8. The minimum Gasteiger partial charge on any atom is -0.462 e. The van der Waals surface area contributed by atoms with E-state index >= 15 is 0 Å². The van der Waals surface area contributed by atoms with Crippen LogP contribution in [0.5, 0.6) is 0 Å². The van der Waals surface area contributed by atoms with Crippen molar-refractivity contribution in [2.75, 3.05) is 13.2 Å². The zero-order valence-corrected chi connectivity index (χ0v) is 21.6. The first kappa shape index (κ1) is 30.1. The highest BCUT2D eigenvalue weighted by atomic mass is 32.2. The maximum atomic E-state index is 12.4. The molecule has 0 aliphatic heterocycles. The van der Waals surface area contributed by atoms with E-state index in [1.807, 2.05) is 0 Å². The number of carbonyl (C=O) groups is 2. The zero-order chi connectivity index (χ0) is 25.2. The highest BCUT2D eigenvalue weighted by molar-refractivity contribution is 7.86. The quantitative estimate of drug-likeness (QED) is 0.134. The molecule has 0 saturated carbocycles. The van der Waals surface area contributed by atoms with Gasteiger partial charge in [0.25, 0.3) is 10.1 Å². The normalized spacial score (nSPS) is 12.3. The van der Waals surface area contributed by atoms with Gasteiger partial charge in [-0.3, -0.25) is 4.55 Å². The van der Waals surface area contributed by atoms with E-state index in [0.717, 1.165) is 19.3 Å². The Hall–Kier alpha value is -1.93. The minimum absolute atomic E-state index is 0.000372. The molecule has 1 rings (SSSR count). The lowest BCUT2D eigenvalue weighted by molar-refractivity contribution is 0.0454. The molecule has 0 spiro atoms. The molecule has 0 amide bonds. The summed E-state index contributed by atoms with van der Waals surface area (Å²) in [5.41, 5.74) is 0.0714. The van der Waals surface area contributed by atoms with Gasteiger partial charge >= 0.3 is 11.9 Å². The standard InChI is InChI=1S/C26H42O7S/c1-3-4-5-6-7-8-9-10-11-12-13-14-17-20-32-25(27)23-18-15-16-19-24(23)26(28)33-21-22(2)34(29,30)31/h15-16,18-19,22H,3-14,17,20-21H2,1-2H3,(H,29,30,31). The molecule has 34 heavy (non-hydrogen) atoms. The van der Waals surface area contributed by atoms with Crippen LogP contribution in [0.2, 0.25) is 0 Å². The average molecular weight is 499 g/mol. The van der Waals surface area contributed by atoms with E-state index in [-0.39, 0.29) is 17.7 Å². The number of esters is 2. The SMILES string of the molecule is CCCCCCCCCCCCCCCOC(=O)c1ccccc1C(=O)OCC(C)S(=O)(=O)O. The Labute approximate surface area is 205 Å². The van der Waals surface area contributed by atoms with E-state index in [2.05, 4.69) is 6.92 Å². The van der Waals surface area contributed by atoms with Gasteiger partial charge in [-0.2, -0.15) is 8.42 Å². The van der Waals surface area contributed by atoms with Crippen LogP contribution in [0.15, 0.2) is 24.3 Å². The van der Waals surface area contributed by atoms with Crippen LogP contribution >= 0.6 is 0 Å². The van der Waals surface area contributed by atoms with Crippen molar-refractivity contribution in [2.45, 2.75) is 103 Å². The van der Waals surface area contributed by atoms with Gasteiger partial charge in [0.2, 0.25) is 0 Å². The van der Waals surface area contributed by atoms with Crippen molar-refractivity contribution in [1.29, 1.82) is 0 Å². The van der Waals surface area contributed by atoms with Crippen LogP contribution < -0.4 is 0 Å². The number of benzene rings is 1. The minimum atomic E-state index is -4.31. The van der Waals surface area contributed by atoms with Crippen LogP contribution in [0.4, 0.5) is 0 Å². The number of rotatable bonds is 19. The number of carbonyl (C=O) groups excluding carboxylic acids is 2. The fourth-order valence-corrected chi connectivity index (χ4v) is 3.80. The smallest absolute Gasteiger partial charge is 0.339 e. The topological polar surface area (TPSA) is 107 Å². The number of hydrogen-bond donors (Lipinski definition) is 1. The van der Waals surface area contributed by atoms with Crippen LogP contribution in [0.1, 0.15) is 118 Å². The van der Waals surface area contributed by atoms with Gasteiger partial charge in [-0.15, -0.1) is 0 Å². The highest BCUT2D eigenvalue weighted by Gasteiger charge is 2.23. The summed E-state index contributed by atoms with van der Waals surface area (Å²) < 4.78 is 41.4. The molecule has 0 radical (unpaired) electrons. The van der Waals surface area contributed by atoms with Gasteiger partial charge < -0.3 is 9.47 Å². The lowest BCUT2D eigenvalue weighted by Gasteiger charge is -2.12. The summed E-state index contributed by atoms with van der Waals surface area (Å²) in [7, 11) is -4.31. The number of unbranched alkanes of at least 4 members (excludes halogenated alkanes) is 12. The van der Waals surface area contributed by atoms with E-state index in [0.29, 0.717) is 0 Å². The molecule has 0 aromatic heterocycles. The third-order valence-electron chi connectivity index (χ3n) is 5.81. The lowest BCUT2D eigenvalue weighted by atomic mass is 10.0. The Morgan fingerprint density at radius 1 is 0.765 bits per heavy atom. The molecular weight excluding hydrogens is 456 g/mol. The molecule has 0 fully saturated rings. The predicted molar refractivity (Wildman–Crippen MR) is 134 cm³/mol. The van der Waals surface area contributed by atoms with Crippen LogP contribution in [-0.2, 0) is 19.6 Å². The number of hydrogen-bond acceptors (Lipinski definition) is 6. The third-order valence-corrected chi connectivity index (χ3v) is 6.96. The highest BCUT2D eigenvalue weighted by Crippen LogP contribution is 2.15. The van der Waals surface area contributed by atoms with Crippen molar-refractivity contribution in [3.05, 3.63) is 35.4 Å². The first-order valence-electron chi connectivity index (χ1n) is 12.7. The summed E-state index contributed by atoms with van der Waals surface area (Å²) in [6.07, 6.45) is 16.0. The van der Waals surface area contributed by atoms with Crippen molar-refractivity contribution in [3.63, 3.8) is 0 Å². The molecule has 7 nitrogen and oxygen atoms in total. The van der Waals surface area contributed by atoms with Gasteiger partial charge in [0.1, 0.15) is 11.9 Å². The predicted octanol–water partition coefficient (Wildman–Crippen LogP) is 6.37. The molecule has 0 aliphatic rings. The summed E-state index contributed by atoms with van der Waals surface area (Å²) in [5, 5.41) is -1.26. The van der Waals surface area contributed by atoms with Crippen LogP contribution in [-0.4, -0.2) is 43.4 Å². The van der Waals surface area contributed by atoms with Crippen LogP contribution in [0, 0.1) is 0 Å². The van der Waals surface area contributed by atoms with Gasteiger partial charge in [0.15, 0.2) is 0 Å². The average Bonchev–Trinajstić information content (AvgIpc) is 2.81. The first-order chi connectivity index (χ1) is 16.3. The van der Waals surface area contributed by atoms with Gasteiger partial charge in [-0.25, -0.2) is 9.59 Å². The van der Waals surface area contributed by atoms with Crippen molar-refractivity contribution >= 4 is 22.1 Å². The van der Waals surface area contributed by atoms with E-state index < -0.39 is 33.9 Å². The second-order valence-corrected chi connectivity index (χ2v) is 10.7. The largest absolute Gasteiger partial charge is 0.462 e. The summed E-state index contributed by atoms with van der Waals surface area (Å²) in [6, 6.07) is 6.07. The Balaban J connectivity index is 2.22. The Morgan fingerprint density at radius 2 is 1.18 bits per heavy atom. The van der Waals surface area contributed by atoms with Crippen molar-refractivity contribution < 1.29 is 32.0 Å². The first-order valence-corrected chi connectivity index (χ1v) is 14.2. The van der Waals surface area contributed by atoms with E-state index in [4.69, 9.17) is 14.0 Å². The van der Waals surface area contributed by atoms with Crippen molar-refractivity contribution in [2.24, 2.45) is 0 Å². The summed E-state index contributed by atoms with van der Waals surface area (Å²) in [4.78, 5) is 24.7. The van der Waals surface area contributed by atoms with Crippen molar-refractivity contribution in [3.8, 4) is 0 Å². The Morgan fingerprint density at radius 3 is 1.62 bits per heavy atom. The van der Waals surface area contributed by atoms with Gasteiger partial charge in [-0.1, -0.05) is 96.1 Å². The summed E-state index contributed by atoms with van der Waals surface area (Å²) in [6.45, 7) is 3.22. The fourth-order valence-electron chi connectivity index (χ4n) is 3.56. The lowest BCUT2D eigenvalue weighted by Crippen LogP contribution is -2.25. The molecule has 1 aromatic rings. The third kappa shape index (κ3) is 13.1. The summed E-state index contributed by atoms with van der Waals surface area (Å²) in [5.74, 6) is -1.46. The van der Waals surface area contributed by atoms with Crippen LogP contribution in [0.25, 0.3) is 0 Å². The molecule has 1 unspecified atom stereocenters. The fraction of sp³-hybridized carbons (Fsp3) is 0.692. The molecule has 194 valence electrons. The Kier molecular flexibility index (Phi) is 15.5. The second-order valence-electron chi connectivity index (χ2n) is 8.85. The Bertz CT molecular complexity index is 820. The molecule has 1 N–H and O–H groups in total. The van der Waals surface area contributed by atoms with Gasteiger partial charge in [0.05, 0.1) is 17.7 Å². The van der Waals surface area contributed by atoms with E-state index in [1.165, 1.54) is 83.3 Å². The van der Waals surface area contributed by atoms with Gasteiger partial charge in [-0.05, 0) is 25.5 Å². The monoisotopic (exact) mass is 498 g/mol. The van der Waals surface area contributed by atoms with Gasteiger partial charge in [0, 0.05) is 0 Å². The maximum absolute atomic E-state index is 12.4. The molecule has 0 heterocycles. The van der Waals surface area contributed by atoms with E-state index in [9.17, 15) is 18.0 Å². The maximum Gasteiger partial charge on any atom is 0.339 e. The van der Waals surface area contributed by atoms with Crippen molar-refractivity contribution in [1.82, 2.24) is 0 Å². The number of ether oxygens (including phenoxy) is 2. The van der Waals surface area contributed by atoms with Crippen LogP contribution in [0.3, 0.4) is 0 Å². The molecule has 0 bridgehead atoms. The molecule has 0 saturated heterocycles. The molecule has 0 aliphatic carbocycles. The molecule has 8 heteroatoms.